The van der Waals surface area contributed by atoms with Crippen LogP contribution in [0.5, 0.6) is 0 Å². The molecular weight excluding hydrogens is 560 g/mol. The molecule has 3 aromatic rings. The number of hydrogen-bond donors (Lipinski definition) is 3. The first-order valence-electron chi connectivity index (χ1n) is 15.3. The highest BCUT2D eigenvalue weighted by Crippen LogP contribution is 2.42. The fourth-order valence-electron chi connectivity index (χ4n) is 5.97. The van der Waals surface area contributed by atoms with Gasteiger partial charge in [0.1, 0.15) is 0 Å². The van der Waals surface area contributed by atoms with Crippen molar-refractivity contribution in [3.63, 3.8) is 0 Å². The van der Waals surface area contributed by atoms with E-state index in [0.29, 0.717) is 19.6 Å². The molecule has 0 unspecified atom stereocenters. The van der Waals surface area contributed by atoms with Crippen molar-refractivity contribution in [1.29, 1.82) is 0 Å². The Morgan fingerprint density at radius 2 is 1.73 bits per heavy atom. The highest BCUT2D eigenvalue weighted by molar-refractivity contribution is 5.83. The Hall–Kier alpha value is -3.60. The summed E-state index contributed by atoms with van der Waals surface area (Å²) in [5.41, 5.74) is 5.67. The first-order valence-corrected chi connectivity index (χ1v) is 15.3. The molecule has 2 fully saturated rings. The van der Waals surface area contributed by atoms with Crippen molar-refractivity contribution in [2.75, 3.05) is 19.6 Å². The van der Waals surface area contributed by atoms with Crippen LogP contribution in [0.1, 0.15) is 61.8 Å². The Morgan fingerprint density at radius 3 is 2.39 bits per heavy atom. The van der Waals surface area contributed by atoms with Gasteiger partial charge in [0.25, 0.3) is 5.91 Å². The van der Waals surface area contributed by atoms with Gasteiger partial charge in [0, 0.05) is 44.6 Å². The number of β-amino-alcohol motifs (C(OH)–C–C–N with tert-alkyl or cyclic N) is 1. The summed E-state index contributed by atoms with van der Waals surface area (Å²) < 4.78 is 18.2. The molecule has 1 amide bonds. The molecule has 0 saturated carbocycles. The van der Waals surface area contributed by atoms with E-state index in [9.17, 15) is 19.8 Å². The van der Waals surface area contributed by atoms with Crippen LogP contribution < -0.4 is 5.32 Å². The predicted octanol–water partition coefficient (Wildman–Crippen LogP) is 4.27. The van der Waals surface area contributed by atoms with Crippen molar-refractivity contribution in [1.82, 2.24) is 10.2 Å². The molecule has 0 radical (unpaired) electrons. The quantitative estimate of drug-likeness (QED) is 0.295. The van der Waals surface area contributed by atoms with Crippen LogP contribution in [-0.4, -0.2) is 64.9 Å². The predicted molar refractivity (Wildman–Crippen MR) is 165 cm³/mol. The maximum absolute atomic E-state index is 12.4. The van der Waals surface area contributed by atoms with E-state index in [4.69, 9.17) is 14.2 Å². The van der Waals surface area contributed by atoms with E-state index in [-0.39, 0.29) is 36.7 Å². The van der Waals surface area contributed by atoms with E-state index in [1.54, 1.807) is 6.92 Å². The normalized spacial score (nSPS) is 24.5. The Bertz CT molecular complexity index is 1410. The summed E-state index contributed by atoms with van der Waals surface area (Å²) in [6.07, 6.45) is -1.31. The van der Waals surface area contributed by atoms with Gasteiger partial charge < -0.3 is 29.7 Å². The summed E-state index contributed by atoms with van der Waals surface area (Å²) in [7, 11) is 0. The van der Waals surface area contributed by atoms with Crippen molar-refractivity contribution in [2.24, 2.45) is 5.92 Å². The van der Waals surface area contributed by atoms with Gasteiger partial charge in [-0.2, -0.15) is 0 Å². The number of hydrogen-bond acceptors (Lipinski definition) is 8. The van der Waals surface area contributed by atoms with Crippen LogP contribution in [0.4, 0.5) is 0 Å². The summed E-state index contributed by atoms with van der Waals surface area (Å²) in [5.74, 6) is -0.792. The van der Waals surface area contributed by atoms with Gasteiger partial charge in [0.2, 0.25) is 0 Å². The minimum Gasteiger partial charge on any atom is -0.453 e. The standard InChI is InChI=1S/C35H42N2O7/c1-22-32(20-37-17-16-30(40)19-37)43-35(44-33(22)27-10-8-25(21-38)9-11-27)28-14-12-26(13-15-28)31-7-5-4-6-29(31)18-36-34(41)23(2)42-24(3)39/h4-15,22-23,30,32-33,35,38,40H,16-21H2,1-3H3,(H,36,41)/t22-,23-,30-,32+,33+,35+/m0/s1. The third-order valence-electron chi connectivity index (χ3n) is 8.49. The van der Waals surface area contributed by atoms with E-state index in [0.717, 1.165) is 46.3 Å². The van der Waals surface area contributed by atoms with Gasteiger partial charge in [0.15, 0.2) is 12.4 Å². The van der Waals surface area contributed by atoms with E-state index in [1.807, 2.05) is 72.8 Å². The monoisotopic (exact) mass is 602 g/mol. The third-order valence-corrected chi connectivity index (χ3v) is 8.49. The molecule has 0 spiro atoms. The van der Waals surface area contributed by atoms with Gasteiger partial charge in [-0.1, -0.05) is 79.7 Å². The average molecular weight is 603 g/mol. The third kappa shape index (κ3) is 7.72. The second-order valence-electron chi connectivity index (χ2n) is 11.8. The molecule has 234 valence electrons. The second-order valence-corrected chi connectivity index (χ2v) is 11.8. The number of aliphatic hydroxyl groups excluding tert-OH is 2. The van der Waals surface area contributed by atoms with Crippen molar-refractivity contribution in [3.05, 3.63) is 95.1 Å². The number of rotatable bonds is 10. The lowest BCUT2D eigenvalue weighted by molar-refractivity contribution is -0.276. The zero-order valence-electron chi connectivity index (χ0n) is 25.5. The lowest BCUT2D eigenvalue weighted by Crippen LogP contribution is -2.44. The van der Waals surface area contributed by atoms with Gasteiger partial charge in [-0.05, 0) is 41.2 Å². The average Bonchev–Trinajstić information content (AvgIpc) is 3.45. The molecule has 0 bridgehead atoms. The molecule has 6 atom stereocenters. The molecule has 9 nitrogen and oxygen atoms in total. The molecule has 0 aromatic heterocycles. The van der Waals surface area contributed by atoms with E-state index in [2.05, 4.69) is 17.1 Å². The Morgan fingerprint density at radius 1 is 1.02 bits per heavy atom. The van der Waals surface area contributed by atoms with Gasteiger partial charge >= 0.3 is 5.97 Å². The number of ether oxygens (including phenoxy) is 3. The van der Waals surface area contributed by atoms with Crippen LogP contribution in [0.15, 0.2) is 72.8 Å². The van der Waals surface area contributed by atoms with Crippen LogP contribution in [0, 0.1) is 5.92 Å². The number of likely N-dealkylation sites (tertiary alicyclic amines) is 1. The summed E-state index contributed by atoms with van der Waals surface area (Å²) in [6.45, 7) is 7.44. The first-order chi connectivity index (χ1) is 21.2. The number of carbonyl (C=O) groups excluding carboxylic acids is 2. The highest BCUT2D eigenvalue weighted by Gasteiger charge is 2.39. The Balaban J connectivity index is 1.34. The minimum atomic E-state index is -0.868. The Labute approximate surface area is 258 Å². The number of aliphatic hydroxyl groups is 2. The van der Waals surface area contributed by atoms with Crippen molar-refractivity contribution in [2.45, 2.75) is 71.0 Å². The Kier molecular flexibility index (Phi) is 10.5. The molecule has 2 aliphatic heterocycles. The molecular formula is C35H42N2O7. The first kappa shape index (κ1) is 31.8. The van der Waals surface area contributed by atoms with E-state index >= 15 is 0 Å². The molecule has 0 aliphatic carbocycles. The number of nitrogens with one attached hydrogen (secondary N) is 1. The summed E-state index contributed by atoms with van der Waals surface area (Å²) in [5, 5.41) is 22.5. The van der Waals surface area contributed by atoms with Crippen molar-refractivity contribution in [3.8, 4) is 11.1 Å². The van der Waals surface area contributed by atoms with Crippen LogP contribution in [0.25, 0.3) is 11.1 Å². The number of benzene rings is 3. The smallest absolute Gasteiger partial charge is 0.303 e. The van der Waals surface area contributed by atoms with Crippen molar-refractivity contribution < 1.29 is 34.0 Å². The van der Waals surface area contributed by atoms with Crippen molar-refractivity contribution >= 4 is 11.9 Å². The van der Waals surface area contributed by atoms with Crippen LogP contribution >= 0.6 is 0 Å². The van der Waals surface area contributed by atoms with E-state index in [1.165, 1.54) is 6.92 Å². The maximum atomic E-state index is 12.4. The molecule has 44 heavy (non-hydrogen) atoms. The van der Waals surface area contributed by atoms with Gasteiger partial charge in [-0.3, -0.25) is 14.5 Å². The molecule has 2 heterocycles. The molecule has 3 aromatic carbocycles. The lowest BCUT2D eigenvalue weighted by atomic mass is 9.90. The van der Waals surface area contributed by atoms with Crippen LogP contribution in [0.2, 0.25) is 0 Å². The molecule has 3 N–H and O–H groups in total. The summed E-state index contributed by atoms with van der Waals surface area (Å²) in [4.78, 5) is 25.9. The minimum absolute atomic E-state index is 0.0117. The topological polar surface area (TPSA) is 118 Å². The number of esters is 1. The highest BCUT2D eigenvalue weighted by atomic mass is 16.7. The molecule has 5 rings (SSSR count). The number of amides is 1. The number of nitrogens with zero attached hydrogens (tertiary/aromatic N) is 1. The van der Waals surface area contributed by atoms with Crippen LogP contribution in [0.3, 0.4) is 0 Å². The fraction of sp³-hybridized carbons (Fsp3) is 0.429. The molecule has 2 saturated heterocycles. The lowest BCUT2D eigenvalue weighted by Gasteiger charge is -2.42. The zero-order valence-corrected chi connectivity index (χ0v) is 25.5. The van der Waals surface area contributed by atoms with E-state index < -0.39 is 18.4 Å². The fourth-order valence-corrected chi connectivity index (χ4v) is 5.97. The van der Waals surface area contributed by atoms with Gasteiger partial charge in [0.05, 0.1) is 24.9 Å². The zero-order chi connectivity index (χ0) is 31.2. The second kappa shape index (κ2) is 14.5. The van der Waals surface area contributed by atoms with Crippen LogP contribution in [-0.2, 0) is 37.0 Å². The molecule has 2 aliphatic rings. The SMILES string of the molecule is CC(=O)O[C@@H](C)C(=O)NCc1ccccc1-c1ccc([C@@H]2O[C@H](CN3CC[C@H](O)C3)[C@H](C)[C@H](c3ccc(CO)cc3)O2)cc1. The largest absolute Gasteiger partial charge is 0.453 e. The number of carbonyl (C=O) groups is 2. The maximum Gasteiger partial charge on any atom is 0.303 e. The van der Waals surface area contributed by atoms with Gasteiger partial charge in [-0.15, -0.1) is 0 Å². The summed E-state index contributed by atoms with van der Waals surface area (Å²) >= 11 is 0. The molecule has 9 heteroatoms. The summed E-state index contributed by atoms with van der Waals surface area (Å²) in [6, 6.07) is 23.8. The van der Waals surface area contributed by atoms with Gasteiger partial charge in [-0.25, -0.2) is 0 Å².